The number of amides is 1. The van der Waals surface area contributed by atoms with E-state index in [0.29, 0.717) is 36.9 Å². The third kappa shape index (κ3) is 3.33. The van der Waals surface area contributed by atoms with Crippen molar-refractivity contribution in [2.75, 3.05) is 37.1 Å². The second kappa shape index (κ2) is 7.78. The van der Waals surface area contributed by atoms with Crippen LogP contribution in [0.2, 0.25) is 0 Å². The first-order valence-electron chi connectivity index (χ1n) is 10.8. The molecule has 7 heteroatoms. The van der Waals surface area contributed by atoms with E-state index in [1.807, 2.05) is 60.7 Å². The van der Waals surface area contributed by atoms with Crippen molar-refractivity contribution in [1.82, 2.24) is 0 Å². The summed E-state index contributed by atoms with van der Waals surface area (Å²) < 4.78 is 22.8. The van der Waals surface area contributed by atoms with Crippen LogP contribution in [0.5, 0.6) is 23.0 Å². The molecule has 0 aliphatic carbocycles. The van der Waals surface area contributed by atoms with Gasteiger partial charge in [0, 0.05) is 29.0 Å². The maximum absolute atomic E-state index is 13.7. The number of nitrogens with one attached hydrogen (secondary N) is 1. The fourth-order valence-corrected chi connectivity index (χ4v) is 4.41. The fourth-order valence-electron chi connectivity index (χ4n) is 4.41. The molecule has 0 radical (unpaired) electrons. The first-order chi connectivity index (χ1) is 16.2. The molecule has 1 unspecified atom stereocenters. The molecule has 0 fully saturated rings. The number of methoxy groups -OCH3 is 1. The van der Waals surface area contributed by atoms with Gasteiger partial charge >= 0.3 is 0 Å². The van der Waals surface area contributed by atoms with E-state index in [1.54, 1.807) is 12.0 Å². The van der Waals surface area contributed by atoms with E-state index in [-0.39, 0.29) is 5.91 Å². The minimum Gasteiger partial charge on any atom is -0.497 e. The van der Waals surface area contributed by atoms with E-state index in [1.165, 1.54) is 0 Å². The highest BCUT2D eigenvalue weighted by atomic mass is 16.6. The van der Waals surface area contributed by atoms with Crippen LogP contribution in [0.4, 0.5) is 11.4 Å². The molecule has 0 spiro atoms. The molecule has 3 aromatic rings. The molecule has 0 saturated heterocycles. The van der Waals surface area contributed by atoms with Crippen LogP contribution in [0, 0.1) is 0 Å². The number of nitrogens with zero attached hydrogens (tertiary/aromatic N) is 1. The summed E-state index contributed by atoms with van der Waals surface area (Å²) in [5.41, 5.74) is 4.00. The molecule has 3 aromatic carbocycles. The zero-order chi connectivity index (χ0) is 22.4. The first kappa shape index (κ1) is 19.5. The normalized spacial score (nSPS) is 18.3. The summed E-state index contributed by atoms with van der Waals surface area (Å²) in [7, 11) is 1.63. The van der Waals surface area contributed by atoms with Gasteiger partial charge in [0.15, 0.2) is 11.5 Å². The lowest BCUT2D eigenvalue weighted by Gasteiger charge is -2.40. The minimum atomic E-state index is -0.426. The quantitative estimate of drug-likeness (QED) is 0.651. The number of para-hydroxylation sites is 1. The van der Waals surface area contributed by atoms with Gasteiger partial charge in [-0.1, -0.05) is 12.1 Å². The lowest BCUT2D eigenvalue weighted by Crippen LogP contribution is -2.51. The van der Waals surface area contributed by atoms with Gasteiger partial charge in [-0.2, -0.15) is 0 Å². The molecule has 6 rings (SSSR count). The molecule has 3 aliphatic heterocycles. The van der Waals surface area contributed by atoms with Crippen molar-refractivity contribution in [2.45, 2.75) is 6.17 Å². The van der Waals surface area contributed by atoms with Crippen molar-refractivity contribution in [3.63, 3.8) is 0 Å². The van der Waals surface area contributed by atoms with Gasteiger partial charge in [0.2, 0.25) is 0 Å². The van der Waals surface area contributed by atoms with Crippen molar-refractivity contribution in [1.29, 1.82) is 0 Å². The number of carbonyl (C=O) groups is 1. The van der Waals surface area contributed by atoms with Gasteiger partial charge in [-0.3, -0.25) is 9.69 Å². The van der Waals surface area contributed by atoms with Crippen LogP contribution >= 0.6 is 0 Å². The smallest absolute Gasteiger partial charge is 0.262 e. The van der Waals surface area contributed by atoms with E-state index < -0.39 is 6.17 Å². The third-order valence-electron chi connectivity index (χ3n) is 6.04. The Balaban J connectivity index is 1.44. The van der Waals surface area contributed by atoms with Gasteiger partial charge in [0.1, 0.15) is 37.5 Å². The van der Waals surface area contributed by atoms with Crippen LogP contribution in [0.1, 0.15) is 15.9 Å². The van der Waals surface area contributed by atoms with E-state index in [2.05, 4.69) is 11.4 Å². The Morgan fingerprint density at radius 1 is 0.939 bits per heavy atom. The summed E-state index contributed by atoms with van der Waals surface area (Å²) >= 11 is 0. The molecule has 33 heavy (non-hydrogen) atoms. The predicted molar refractivity (Wildman–Crippen MR) is 125 cm³/mol. The number of benzene rings is 3. The Kier molecular flexibility index (Phi) is 4.61. The SMILES string of the molecule is COc1ccc2c(c1)OCC(C1Nc3ccccc3C(=O)N1c1ccc3c(c1)OCCO3)=C2. The molecular weight excluding hydrogens is 420 g/mol. The Morgan fingerprint density at radius 2 is 1.79 bits per heavy atom. The lowest BCUT2D eigenvalue weighted by atomic mass is 9.99. The highest BCUT2D eigenvalue weighted by Gasteiger charge is 2.36. The standard InChI is InChI=1S/C26H22N2O5/c1-30-19-8-6-16-12-17(15-33-23(16)14-19)25-27-21-5-3-2-4-20(21)26(29)28(25)18-7-9-22-24(13-18)32-11-10-31-22/h2-9,12-14,25,27H,10-11,15H2,1H3. The number of ether oxygens (including phenoxy) is 4. The van der Waals surface area contributed by atoms with Crippen molar-refractivity contribution in [2.24, 2.45) is 0 Å². The van der Waals surface area contributed by atoms with Gasteiger partial charge in [-0.25, -0.2) is 0 Å². The number of hydrogen-bond donors (Lipinski definition) is 1. The maximum Gasteiger partial charge on any atom is 0.262 e. The average Bonchev–Trinajstić information content (AvgIpc) is 2.87. The molecule has 1 N–H and O–H groups in total. The minimum absolute atomic E-state index is 0.0903. The molecule has 0 bridgehead atoms. The van der Waals surface area contributed by atoms with Gasteiger partial charge < -0.3 is 24.3 Å². The van der Waals surface area contributed by atoms with E-state index in [9.17, 15) is 4.79 Å². The number of fused-ring (bicyclic) bond motifs is 3. The zero-order valence-electron chi connectivity index (χ0n) is 18.0. The van der Waals surface area contributed by atoms with Crippen molar-refractivity contribution in [3.05, 3.63) is 77.4 Å². The van der Waals surface area contributed by atoms with Gasteiger partial charge in [0.25, 0.3) is 5.91 Å². The second-order valence-electron chi connectivity index (χ2n) is 8.01. The van der Waals surface area contributed by atoms with Crippen molar-refractivity contribution in [3.8, 4) is 23.0 Å². The highest BCUT2D eigenvalue weighted by molar-refractivity contribution is 6.12. The summed E-state index contributed by atoms with van der Waals surface area (Å²) in [6, 6.07) is 18.9. The highest BCUT2D eigenvalue weighted by Crippen LogP contribution is 2.40. The summed E-state index contributed by atoms with van der Waals surface area (Å²) in [6.07, 6.45) is 1.65. The maximum atomic E-state index is 13.7. The number of anilines is 2. The second-order valence-corrected chi connectivity index (χ2v) is 8.01. The van der Waals surface area contributed by atoms with E-state index >= 15 is 0 Å². The average molecular weight is 442 g/mol. The summed E-state index contributed by atoms with van der Waals surface area (Å²) in [4.78, 5) is 15.5. The predicted octanol–water partition coefficient (Wildman–Crippen LogP) is 4.34. The Hall–Kier alpha value is -4.13. The van der Waals surface area contributed by atoms with Crippen LogP contribution in [0.25, 0.3) is 6.08 Å². The molecule has 3 heterocycles. The molecule has 3 aliphatic rings. The Morgan fingerprint density at radius 3 is 2.67 bits per heavy atom. The monoisotopic (exact) mass is 442 g/mol. The lowest BCUT2D eigenvalue weighted by molar-refractivity contribution is 0.0977. The molecule has 1 amide bonds. The summed E-state index contributed by atoms with van der Waals surface area (Å²) in [5, 5.41) is 3.54. The zero-order valence-corrected chi connectivity index (χ0v) is 18.0. The van der Waals surface area contributed by atoms with Gasteiger partial charge in [-0.15, -0.1) is 0 Å². The van der Waals surface area contributed by atoms with Crippen LogP contribution < -0.4 is 29.2 Å². The van der Waals surface area contributed by atoms with E-state index in [4.69, 9.17) is 18.9 Å². The van der Waals surface area contributed by atoms with Gasteiger partial charge in [0.05, 0.1) is 18.4 Å². The topological polar surface area (TPSA) is 69.3 Å². The molecule has 7 nitrogen and oxygen atoms in total. The van der Waals surface area contributed by atoms with Crippen LogP contribution in [-0.4, -0.2) is 39.0 Å². The number of carbonyl (C=O) groups excluding carboxylic acids is 1. The van der Waals surface area contributed by atoms with Crippen molar-refractivity contribution >= 4 is 23.4 Å². The summed E-state index contributed by atoms with van der Waals surface area (Å²) in [6.45, 7) is 1.34. The van der Waals surface area contributed by atoms with Crippen LogP contribution in [0.3, 0.4) is 0 Å². The molecule has 0 aromatic heterocycles. The Labute approximate surface area is 191 Å². The number of hydrogen-bond acceptors (Lipinski definition) is 6. The summed E-state index contributed by atoms with van der Waals surface area (Å²) in [5.74, 6) is 2.72. The molecular formula is C26H22N2O5. The van der Waals surface area contributed by atoms with Crippen molar-refractivity contribution < 1.29 is 23.7 Å². The number of rotatable bonds is 3. The van der Waals surface area contributed by atoms with Gasteiger partial charge in [-0.05, 0) is 42.5 Å². The molecule has 0 saturated carbocycles. The molecule has 166 valence electrons. The van der Waals surface area contributed by atoms with Crippen LogP contribution in [0.15, 0.2) is 66.2 Å². The largest absolute Gasteiger partial charge is 0.497 e. The molecule has 1 atom stereocenters. The van der Waals surface area contributed by atoms with Crippen LogP contribution in [-0.2, 0) is 0 Å². The van der Waals surface area contributed by atoms with E-state index in [0.717, 1.165) is 34.0 Å². The third-order valence-corrected chi connectivity index (χ3v) is 6.04. The fraction of sp³-hybridized carbons (Fsp3) is 0.192. The first-order valence-corrected chi connectivity index (χ1v) is 10.8. The Bertz CT molecular complexity index is 1290.